The summed E-state index contributed by atoms with van der Waals surface area (Å²) in [6.07, 6.45) is -2.12. The number of hydrogen-bond acceptors (Lipinski definition) is 8. The molecule has 10 nitrogen and oxygen atoms in total. The van der Waals surface area contributed by atoms with Crippen LogP contribution >= 0.6 is 0 Å². The zero-order chi connectivity index (χ0) is 14.9. The summed E-state index contributed by atoms with van der Waals surface area (Å²) >= 11 is 0. The molecule has 0 bridgehead atoms. The average molecular weight is 328 g/mol. The summed E-state index contributed by atoms with van der Waals surface area (Å²) in [6, 6.07) is 0. The van der Waals surface area contributed by atoms with Crippen molar-refractivity contribution in [1.82, 2.24) is 0 Å². The van der Waals surface area contributed by atoms with Crippen LogP contribution in [0.3, 0.4) is 0 Å². The molecule has 100 valence electrons. The van der Waals surface area contributed by atoms with E-state index in [4.69, 9.17) is 10.2 Å². The Morgan fingerprint density at radius 1 is 0.684 bits per heavy atom. The second-order valence-corrected chi connectivity index (χ2v) is 2.55. The molecular weight excluding hydrogens is 321 g/mol. The first-order valence-electron chi connectivity index (χ1n) is 3.99. The molecule has 0 aromatic rings. The maximum Gasteiger partial charge on any atom is 2.00 e. The van der Waals surface area contributed by atoms with Gasteiger partial charge in [-0.15, -0.1) is 0 Å². The van der Waals surface area contributed by atoms with Crippen LogP contribution in [0.1, 0.15) is 12.8 Å². The molecule has 0 fully saturated rings. The van der Waals surface area contributed by atoms with Gasteiger partial charge in [-0.1, -0.05) is 0 Å². The number of hydrogen-bond donors (Lipinski definition) is 2. The van der Waals surface area contributed by atoms with Crippen LogP contribution < -0.4 is 10.2 Å². The van der Waals surface area contributed by atoms with Crippen LogP contribution in [-0.4, -0.2) is 45.7 Å². The first kappa shape index (κ1) is 22.1. The van der Waals surface area contributed by atoms with Gasteiger partial charge < -0.3 is 30.0 Å². The quantitative estimate of drug-likeness (QED) is 0.273. The van der Waals surface area contributed by atoms with E-state index in [1.54, 1.807) is 0 Å². The molecule has 0 saturated carbocycles. The van der Waals surface area contributed by atoms with Crippen molar-refractivity contribution in [2.24, 2.45) is 0 Å². The van der Waals surface area contributed by atoms with Crippen LogP contribution in [-0.2, 0) is 48.2 Å². The number of carbonyl (C=O) groups excluding carboxylic acids is 4. The molecule has 0 aromatic heterocycles. The van der Waals surface area contributed by atoms with Crippen molar-refractivity contribution >= 4 is 35.4 Å². The molecule has 0 aromatic carbocycles. The minimum absolute atomic E-state index is 0. The smallest absolute Gasteiger partial charge is 0.550 e. The van der Waals surface area contributed by atoms with Crippen LogP contribution in [0.4, 0.5) is 0 Å². The van der Waals surface area contributed by atoms with Gasteiger partial charge in [0.1, 0.15) is 0 Å². The van der Waals surface area contributed by atoms with Crippen LogP contribution in [0, 0.1) is 0 Å². The molecule has 0 rings (SSSR count). The number of carbonyl (C=O) groups is 6. The fourth-order valence-corrected chi connectivity index (χ4v) is 0.413. The molecule has 0 unspecified atom stereocenters. The van der Waals surface area contributed by atoms with E-state index in [9.17, 15) is 39.0 Å². The Kier molecular flexibility index (Phi) is 12.7. The largest absolute Gasteiger partial charge is 2.00 e. The van der Waals surface area contributed by atoms with Gasteiger partial charge in [0.2, 0.25) is 11.6 Å². The zero-order valence-corrected chi connectivity index (χ0v) is 12.2. The van der Waals surface area contributed by atoms with Crippen LogP contribution in [0.15, 0.2) is 0 Å². The standard InChI is InChI=1S/2C4H4O5.Zn/c2*5-2(4(8)9)1-3(6)7;/h2*1H2,(H,6,7)(H,8,9);/q;;+2/p-2. The monoisotopic (exact) mass is 326 g/mol. The van der Waals surface area contributed by atoms with Crippen LogP contribution in [0.25, 0.3) is 0 Å². The van der Waals surface area contributed by atoms with Gasteiger partial charge in [-0.25, -0.2) is 9.59 Å². The Bertz CT molecular complexity index is 360. The Hall–Kier alpha value is -2.16. The molecule has 19 heavy (non-hydrogen) atoms. The molecule has 0 aliphatic heterocycles. The summed E-state index contributed by atoms with van der Waals surface area (Å²) < 4.78 is 0. The fourth-order valence-electron chi connectivity index (χ4n) is 0.413. The van der Waals surface area contributed by atoms with Gasteiger partial charge in [-0.05, 0) is 0 Å². The molecule has 0 amide bonds. The third-order valence-corrected chi connectivity index (χ3v) is 1.09. The predicted molar refractivity (Wildman–Crippen MR) is 44.5 cm³/mol. The van der Waals surface area contributed by atoms with Crippen molar-refractivity contribution in [2.75, 3.05) is 0 Å². The second kappa shape index (κ2) is 11.0. The minimum atomic E-state index is -1.75. The molecule has 2 N–H and O–H groups in total. The summed E-state index contributed by atoms with van der Waals surface area (Å²) in [5.41, 5.74) is 0. The molecule has 0 aliphatic carbocycles. The molecule has 0 atom stereocenters. The van der Waals surface area contributed by atoms with E-state index in [-0.39, 0.29) is 19.5 Å². The third kappa shape index (κ3) is 15.8. The van der Waals surface area contributed by atoms with Gasteiger partial charge >= 0.3 is 31.4 Å². The van der Waals surface area contributed by atoms with E-state index in [0.717, 1.165) is 0 Å². The van der Waals surface area contributed by atoms with Crippen LogP contribution in [0.5, 0.6) is 0 Å². The maximum absolute atomic E-state index is 9.93. The van der Waals surface area contributed by atoms with Gasteiger partial charge in [0.15, 0.2) is 0 Å². The number of carboxylic acid groups (broad SMARTS) is 4. The summed E-state index contributed by atoms with van der Waals surface area (Å²) in [5.74, 6) is -9.59. The second-order valence-electron chi connectivity index (χ2n) is 2.55. The summed E-state index contributed by atoms with van der Waals surface area (Å²) in [5, 5.41) is 34.6. The molecule has 0 aliphatic rings. The van der Waals surface area contributed by atoms with Crippen molar-refractivity contribution in [2.45, 2.75) is 12.8 Å². The van der Waals surface area contributed by atoms with Gasteiger partial charge in [0.05, 0.1) is 12.8 Å². The van der Waals surface area contributed by atoms with E-state index >= 15 is 0 Å². The van der Waals surface area contributed by atoms with E-state index in [0.29, 0.717) is 0 Å². The normalized spacial score (nSPS) is 8.00. The Morgan fingerprint density at radius 3 is 0.947 bits per heavy atom. The SMILES string of the molecule is O=C([O-])CC(=O)C(=O)O.O=C([O-])CC(=O)C(=O)O.[Zn+2]. The molecule has 11 heteroatoms. The number of aliphatic carboxylic acids is 4. The molecular formula is C8H6O10Zn. The molecule has 0 radical (unpaired) electrons. The minimum Gasteiger partial charge on any atom is -0.550 e. The van der Waals surface area contributed by atoms with Crippen molar-refractivity contribution in [3.8, 4) is 0 Å². The molecule has 0 spiro atoms. The topological polar surface area (TPSA) is 189 Å². The molecule has 0 saturated heterocycles. The third-order valence-electron chi connectivity index (χ3n) is 1.09. The van der Waals surface area contributed by atoms with Crippen LogP contribution in [0.2, 0.25) is 0 Å². The first-order valence-corrected chi connectivity index (χ1v) is 3.99. The van der Waals surface area contributed by atoms with Crippen molar-refractivity contribution in [3.05, 3.63) is 0 Å². The van der Waals surface area contributed by atoms with Crippen molar-refractivity contribution in [1.29, 1.82) is 0 Å². The number of Topliss-reactive ketones (excluding diaryl/α,β-unsaturated/α-hetero) is 2. The Morgan fingerprint density at radius 2 is 0.895 bits per heavy atom. The van der Waals surface area contributed by atoms with Gasteiger partial charge in [-0.3, -0.25) is 9.59 Å². The number of carboxylic acids is 4. The zero-order valence-electron chi connectivity index (χ0n) is 9.28. The Labute approximate surface area is 117 Å². The number of ketones is 2. The Balaban J connectivity index is -0.000000256. The average Bonchev–Trinajstić information content (AvgIpc) is 2.16. The summed E-state index contributed by atoms with van der Waals surface area (Å²) in [6.45, 7) is 0. The van der Waals surface area contributed by atoms with E-state index in [1.165, 1.54) is 0 Å². The van der Waals surface area contributed by atoms with Crippen molar-refractivity contribution < 1.29 is 68.7 Å². The van der Waals surface area contributed by atoms with E-state index in [1.807, 2.05) is 0 Å². The van der Waals surface area contributed by atoms with Gasteiger partial charge in [0, 0.05) is 11.9 Å². The van der Waals surface area contributed by atoms with E-state index in [2.05, 4.69) is 0 Å². The maximum atomic E-state index is 9.93. The van der Waals surface area contributed by atoms with Gasteiger partial charge in [0.25, 0.3) is 0 Å². The van der Waals surface area contributed by atoms with E-state index < -0.39 is 48.3 Å². The van der Waals surface area contributed by atoms with Gasteiger partial charge in [-0.2, -0.15) is 0 Å². The summed E-state index contributed by atoms with van der Waals surface area (Å²) in [7, 11) is 0. The predicted octanol–water partition coefficient (Wildman–Crippen LogP) is -4.44. The van der Waals surface area contributed by atoms with Crippen molar-refractivity contribution in [3.63, 3.8) is 0 Å². The first-order chi connectivity index (χ1) is 8.07. The fraction of sp³-hybridized carbons (Fsp3) is 0.250. The number of rotatable bonds is 6. The summed E-state index contributed by atoms with van der Waals surface area (Å²) in [4.78, 5) is 58.1. The molecule has 0 heterocycles.